The van der Waals surface area contributed by atoms with Crippen LogP contribution in [0.15, 0.2) is 46.6 Å². The van der Waals surface area contributed by atoms with Crippen molar-refractivity contribution in [3.05, 3.63) is 46.6 Å². The highest BCUT2D eigenvalue weighted by molar-refractivity contribution is 6.16. The van der Waals surface area contributed by atoms with E-state index in [1.165, 1.54) is 11.1 Å². The van der Waals surface area contributed by atoms with Gasteiger partial charge in [-0.2, -0.15) is 0 Å². The third kappa shape index (κ3) is 0.536. The number of Topliss-reactive ketones (excluding diaryl/α,β-unsaturated/α-hetero) is 1. The van der Waals surface area contributed by atoms with Crippen LogP contribution in [0.4, 0.5) is 0 Å². The Morgan fingerprint density at radius 1 is 0.917 bits per heavy atom. The van der Waals surface area contributed by atoms with Gasteiger partial charge in [0.15, 0.2) is 5.78 Å². The van der Waals surface area contributed by atoms with E-state index in [9.17, 15) is 4.79 Å². The largest absolute Gasteiger partial charge is 0.289 e. The van der Waals surface area contributed by atoms with Crippen molar-refractivity contribution < 1.29 is 4.79 Å². The molecule has 0 unspecified atom stereocenters. The van der Waals surface area contributed by atoms with Crippen molar-refractivity contribution in [1.82, 2.24) is 0 Å². The zero-order chi connectivity index (χ0) is 8.13. The Morgan fingerprint density at radius 3 is 1.92 bits per heavy atom. The van der Waals surface area contributed by atoms with E-state index in [2.05, 4.69) is 24.3 Å². The van der Waals surface area contributed by atoms with Crippen LogP contribution in [-0.2, 0) is 4.79 Å². The topological polar surface area (TPSA) is 17.1 Å². The summed E-state index contributed by atoms with van der Waals surface area (Å²) in [6.07, 6.45) is 9.97. The van der Waals surface area contributed by atoms with Crippen molar-refractivity contribution >= 4 is 5.78 Å². The molecular formula is C11H8O. The number of fused-ring (bicyclic) bond motifs is 1. The summed E-state index contributed by atoms with van der Waals surface area (Å²) in [7, 11) is 0. The molecule has 0 aliphatic heterocycles. The number of rotatable bonds is 0. The number of allylic oxidation sites excluding steroid dienone is 8. The highest BCUT2D eigenvalue weighted by Gasteiger charge is 2.32. The van der Waals surface area contributed by atoms with Gasteiger partial charge in [0.25, 0.3) is 0 Å². The molecule has 58 valence electrons. The van der Waals surface area contributed by atoms with Crippen molar-refractivity contribution in [3.63, 3.8) is 0 Å². The van der Waals surface area contributed by atoms with Crippen LogP contribution in [-0.4, -0.2) is 5.78 Å². The van der Waals surface area contributed by atoms with Crippen molar-refractivity contribution in [1.29, 1.82) is 0 Å². The summed E-state index contributed by atoms with van der Waals surface area (Å²) in [5.41, 5.74) is 4.40. The highest BCUT2D eigenvalue weighted by atomic mass is 16.1. The number of carbonyl (C=O) groups excluding carboxylic acids is 1. The second kappa shape index (κ2) is 1.86. The minimum Gasteiger partial charge on any atom is -0.289 e. The summed E-state index contributed by atoms with van der Waals surface area (Å²) in [5, 5.41) is 0. The van der Waals surface area contributed by atoms with E-state index in [4.69, 9.17) is 0 Å². The van der Waals surface area contributed by atoms with Gasteiger partial charge >= 0.3 is 0 Å². The van der Waals surface area contributed by atoms with E-state index in [0.29, 0.717) is 0 Å². The van der Waals surface area contributed by atoms with Gasteiger partial charge in [0.1, 0.15) is 0 Å². The maximum absolute atomic E-state index is 11.7. The van der Waals surface area contributed by atoms with E-state index in [1.807, 2.05) is 0 Å². The molecule has 3 aliphatic rings. The number of ketones is 1. The van der Waals surface area contributed by atoms with Crippen molar-refractivity contribution in [2.75, 3.05) is 0 Å². The number of hydrogen-bond acceptors (Lipinski definition) is 1. The average molecular weight is 156 g/mol. The quantitative estimate of drug-likeness (QED) is 0.524. The molecule has 0 fully saturated rings. The minimum absolute atomic E-state index is 0.287. The lowest BCUT2D eigenvalue weighted by Crippen LogP contribution is -1.99. The van der Waals surface area contributed by atoms with E-state index in [-0.39, 0.29) is 5.78 Å². The Hall–Kier alpha value is -1.37. The molecule has 0 bridgehead atoms. The molecule has 3 rings (SSSR count). The lowest BCUT2D eigenvalue weighted by Gasteiger charge is -1.95. The SMILES string of the molecule is O=C1C2=C(C=CC2)C2=C1CC=C2. The molecule has 0 atom stereocenters. The lowest BCUT2D eigenvalue weighted by atomic mass is 10.1. The van der Waals surface area contributed by atoms with Crippen LogP contribution >= 0.6 is 0 Å². The Morgan fingerprint density at radius 2 is 1.42 bits per heavy atom. The molecule has 0 radical (unpaired) electrons. The second-order valence-electron chi connectivity index (χ2n) is 3.33. The first kappa shape index (κ1) is 6.18. The standard InChI is InChI=1S/C11H8O/c12-11-9-5-1-3-7(9)8-4-2-6-10(8)11/h1-4H,5-6H2. The Bertz CT molecular complexity index is 365. The molecule has 0 spiro atoms. The Kier molecular flexibility index (Phi) is 0.959. The molecule has 12 heavy (non-hydrogen) atoms. The van der Waals surface area contributed by atoms with Gasteiger partial charge in [0.05, 0.1) is 0 Å². The third-order valence-corrected chi connectivity index (χ3v) is 2.70. The van der Waals surface area contributed by atoms with Crippen molar-refractivity contribution in [2.24, 2.45) is 0 Å². The van der Waals surface area contributed by atoms with Crippen LogP contribution in [0.3, 0.4) is 0 Å². The van der Waals surface area contributed by atoms with Gasteiger partial charge in [-0.15, -0.1) is 0 Å². The molecule has 1 nitrogen and oxygen atoms in total. The second-order valence-corrected chi connectivity index (χ2v) is 3.33. The summed E-state index contributed by atoms with van der Waals surface area (Å²) in [6.45, 7) is 0. The zero-order valence-electron chi connectivity index (χ0n) is 6.63. The zero-order valence-corrected chi connectivity index (χ0v) is 6.63. The predicted octanol–water partition coefficient (Wildman–Crippen LogP) is 2.08. The first-order valence-corrected chi connectivity index (χ1v) is 4.22. The van der Waals surface area contributed by atoms with Gasteiger partial charge in [0, 0.05) is 11.1 Å². The Labute approximate surface area is 70.8 Å². The molecule has 0 saturated heterocycles. The number of carbonyl (C=O) groups is 1. The van der Waals surface area contributed by atoms with E-state index < -0.39 is 0 Å². The Balaban J connectivity index is 2.25. The van der Waals surface area contributed by atoms with Crippen LogP contribution in [0, 0.1) is 0 Å². The molecule has 0 heterocycles. The summed E-state index contributed by atoms with van der Waals surface area (Å²) < 4.78 is 0. The molecule has 0 amide bonds. The maximum atomic E-state index is 11.7. The molecule has 0 aromatic heterocycles. The van der Waals surface area contributed by atoms with Gasteiger partial charge in [-0.05, 0) is 24.0 Å². The molecule has 0 aromatic rings. The van der Waals surface area contributed by atoms with E-state index in [0.717, 1.165) is 24.0 Å². The van der Waals surface area contributed by atoms with Crippen molar-refractivity contribution in [2.45, 2.75) is 12.8 Å². The van der Waals surface area contributed by atoms with Crippen LogP contribution < -0.4 is 0 Å². The summed E-state index contributed by atoms with van der Waals surface area (Å²) in [6, 6.07) is 0. The van der Waals surface area contributed by atoms with Gasteiger partial charge in [-0.25, -0.2) is 0 Å². The van der Waals surface area contributed by atoms with Crippen LogP contribution in [0.1, 0.15) is 12.8 Å². The maximum Gasteiger partial charge on any atom is 0.186 e. The minimum atomic E-state index is 0.287. The summed E-state index contributed by atoms with van der Waals surface area (Å²) >= 11 is 0. The summed E-state index contributed by atoms with van der Waals surface area (Å²) in [4.78, 5) is 11.7. The first-order valence-electron chi connectivity index (χ1n) is 4.22. The summed E-state index contributed by atoms with van der Waals surface area (Å²) in [5.74, 6) is 0.287. The predicted molar refractivity (Wildman–Crippen MR) is 46.6 cm³/mol. The average Bonchev–Trinajstić information content (AvgIpc) is 2.72. The van der Waals surface area contributed by atoms with Crippen LogP contribution in [0.25, 0.3) is 0 Å². The lowest BCUT2D eigenvalue weighted by molar-refractivity contribution is -0.112. The fraction of sp³-hybridized carbons (Fsp3) is 0.182. The van der Waals surface area contributed by atoms with Gasteiger partial charge < -0.3 is 0 Å². The molecular weight excluding hydrogens is 148 g/mol. The smallest absolute Gasteiger partial charge is 0.186 e. The molecule has 1 heteroatoms. The van der Waals surface area contributed by atoms with E-state index >= 15 is 0 Å². The van der Waals surface area contributed by atoms with Crippen LogP contribution in [0.2, 0.25) is 0 Å². The highest BCUT2D eigenvalue weighted by Crippen LogP contribution is 2.40. The third-order valence-electron chi connectivity index (χ3n) is 2.70. The van der Waals surface area contributed by atoms with Crippen LogP contribution in [0.5, 0.6) is 0 Å². The molecule has 0 saturated carbocycles. The molecule has 0 aromatic carbocycles. The van der Waals surface area contributed by atoms with Gasteiger partial charge in [0.2, 0.25) is 0 Å². The van der Waals surface area contributed by atoms with Crippen molar-refractivity contribution in [3.8, 4) is 0 Å². The number of hydrogen-bond donors (Lipinski definition) is 0. The normalized spacial score (nSPS) is 24.5. The fourth-order valence-corrected chi connectivity index (χ4v) is 2.13. The molecule has 0 N–H and O–H groups in total. The van der Waals surface area contributed by atoms with E-state index in [1.54, 1.807) is 0 Å². The van der Waals surface area contributed by atoms with Gasteiger partial charge in [-0.3, -0.25) is 4.79 Å². The monoisotopic (exact) mass is 156 g/mol. The van der Waals surface area contributed by atoms with Gasteiger partial charge in [-0.1, -0.05) is 24.3 Å². The molecule has 3 aliphatic carbocycles. The first-order chi connectivity index (χ1) is 5.88. The fourth-order valence-electron chi connectivity index (χ4n) is 2.13.